The van der Waals surface area contributed by atoms with Gasteiger partial charge in [-0.1, -0.05) is 47.1 Å². The number of nitro benzene ring substituents is 1. The monoisotopic (exact) mass is 502 g/mol. The standard InChI is InChI=1S/C22H19IN2O4/c1-16-5-7-17(8-6-16)14-28-22-10-9-18(12-21(22)23)13-24-29-15-19-3-2-4-20(11-19)25(26)27/h2-13H,14-15H2,1H3/b24-13-. The van der Waals surface area contributed by atoms with Gasteiger partial charge in [0.25, 0.3) is 5.69 Å². The highest BCUT2D eigenvalue weighted by Gasteiger charge is 2.06. The van der Waals surface area contributed by atoms with Crippen molar-refractivity contribution in [1.29, 1.82) is 0 Å². The number of hydrogen-bond donors (Lipinski definition) is 0. The van der Waals surface area contributed by atoms with E-state index >= 15 is 0 Å². The molecule has 0 bridgehead atoms. The largest absolute Gasteiger partial charge is 0.488 e. The van der Waals surface area contributed by atoms with Crippen molar-refractivity contribution in [2.75, 3.05) is 0 Å². The summed E-state index contributed by atoms with van der Waals surface area (Å²) in [6.07, 6.45) is 1.60. The maximum absolute atomic E-state index is 10.8. The maximum Gasteiger partial charge on any atom is 0.269 e. The first-order chi connectivity index (χ1) is 14.0. The Kier molecular flexibility index (Phi) is 7.18. The Balaban J connectivity index is 1.53. The molecule has 0 aliphatic carbocycles. The zero-order valence-corrected chi connectivity index (χ0v) is 17.9. The van der Waals surface area contributed by atoms with Crippen molar-refractivity contribution in [3.63, 3.8) is 0 Å². The molecule has 0 saturated heterocycles. The number of aryl methyl sites for hydroxylation is 1. The van der Waals surface area contributed by atoms with E-state index in [9.17, 15) is 10.1 Å². The summed E-state index contributed by atoms with van der Waals surface area (Å²) in [6.45, 7) is 2.73. The fourth-order valence-electron chi connectivity index (χ4n) is 2.53. The molecule has 0 unspecified atom stereocenters. The first kappa shape index (κ1) is 20.8. The van der Waals surface area contributed by atoms with Gasteiger partial charge in [0.1, 0.15) is 19.0 Å². The topological polar surface area (TPSA) is 74.0 Å². The molecular weight excluding hydrogens is 483 g/mol. The van der Waals surface area contributed by atoms with E-state index in [4.69, 9.17) is 9.57 Å². The van der Waals surface area contributed by atoms with Crippen LogP contribution in [0.4, 0.5) is 5.69 Å². The Bertz CT molecular complexity index is 1020. The van der Waals surface area contributed by atoms with Crippen LogP contribution in [0.1, 0.15) is 22.3 Å². The lowest BCUT2D eigenvalue weighted by Gasteiger charge is -2.09. The molecule has 0 aliphatic heterocycles. The molecule has 0 atom stereocenters. The van der Waals surface area contributed by atoms with Gasteiger partial charge in [0.15, 0.2) is 0 Å². The first-order valence-electron chi connectivity index (χ1n) is 8.88. The molecule has 0 spiro atoms. The second-order valence-corrected chi connectivity index (χ2v) is 7.56. The molecule has 0 aromatic heterocycles. The summed E-state index contributed by atoms with van der Waals surface area (Å²) in [5.41, 5.74) is 3.93. The van der Waals surface area contributed by atoms with Gasteiger partial charge in [-0.25, -0.2) is 0 Å². The van der Waals surface area contributed by atoms with Crippen LogP contribution in [-0.4, -0.2) is 11.1 Å². The lowest BCUT2D eigenvalue weighted by Crippen LogP contribution is -1.98. The Hall–Kier alpha value is -2.94. The molecule has 3 aromatic carbocycles. The van der Waals surface area contributed by atoms with Crippen LogP contribution >= 0.6 is 22.6 Å². The average Bonchev–Trinajstić information content (AvgIpc) is 2.72. The van der Waals surface area contributed by atoms with Crippen molar-refractivity contribution in [2.45, 2.75) is 20.1 Å². The van der Waals surface area contributed by atoms with E-state index < -0.39 is 4.92 Å². The highest BCUT2D eigenvalue weighted by atomic mass is 127. The minimum atomic E-state index is -0.433. The smallest absolute Gasteiger partial charge is 0.269 e. The molecule has 0 radical (unpaired) electrons. The van der Waals surface area contributed by atoms with Gasteiger partial charge >= 0.3 is 0 Å². The highest BCUT2D eigenvalue weighted by molar-refractivity contribution is 14.1. The fraction of sp³-hybridized carbons (Fsp3) is 0.136. The number of halogens is 1. The number of rotatable bonds is 8. The van der Waals surface area contributed by atoms with Crippen LogP contribution < -0.4 is 4.74 Å². The zero-order valence-electron chi connectivity index (χ0n) is 15.7. The minimum absolute atomic E-state index is 0.0332. The summed E-state index contributed by atoms with van der Waals surface area (Å²) in [6, 6.07) is 20.3. The average molecular weight is 502 g/mol. The van der Waals surface area contributed by atoms with Crippen molar-refractivity contribution >= 4 is 34.5 Å². The van der Waals surface area contributed by atoms with Crippen molar-refractivity contribution in [3.8, 4) is 5.75 Å². The van der Waals surface area contributed by atoms with Crippen LogP contribution in [0.15, 0.2) is 71.9 Å². The van der Waals surface area contributed by atoms with Gasteiger partial charge in [-0.15, -0.1) is 0 Å². The third-order valence-corrected chi connectivity index (χ3v) is 4.94. The van der Waals surface area contributed by atoms with E-state index in [2.05, 4.69) is 58.9 Å². The van der Waals surface area contributed by atoms with Crippen LogP contribution in [0.25, 0.3) is 0 Å². The first-order valence-corrected chi connectivity index (χ1v) is 9.96. The summed E-state index contributed by atoms with van der Waals surface area (Å²) in [5.74, 6) is 0.806. The molecule has 0 heterocycles. The highest BCUT2D eigenvalue weighted by Crippen LogP contribution is 2.23. The lowest BCUT2D eigenvalue weighted by molar-refractivity contribution is -0.384. The normalized spacial score (nSPS) is 10.8. The van der Waals surface area contributed by atoms with Crippen LogP contribution in [0.5, 0.6) is 5.75 Å². The number of nitro groups is 1. The molecule has 0 amide bonds. The Morgan fingerprint density at radius 1 is 1.03 bits per heavy atom. The number of non-ortho nitro benzene ring substituents is 1. The summed E-state index contributed by atoms with van der Waals surface area (Å²) >= 11 is 2.22. The molecule has 0 saturated carbocycles. The van der Waals surface area contributed by atoms with Crippen molar-refractivity contribution in [1.82, 2.24) is 0 Å². The molecule has 29 heavy (non-hydrogen) atoms. The van der Waals surface area contributed by atoms with Gasteiger partial charge in [0, 0.05) is 12.1 Å². The predicted molar refractivity (Wildman–Crippen MR) is 120 cm³/mol. The van der Waals surface area contributed by atoms with E-state index in [1.807, 2.05) is 18.2 Å². The number of ether oxygens (including phenoxy) is 1. The lowest BCUT2D eigenvalue weighted by atomic mass is 10.2. The number of benzene rings is 3. The molecular formula is C22H19IN2O4. The SMILES string of the molecule is Cc1ccc(COc2ccc(/C=N\OCc3cccc([N+](=O)[O-])c3)cc2I)cc1. The third-order valence-electron chi connectivity index (χ3n) is 4.10. The molecule has 148 valence electrons. The molecule has 7 heteroatoms. The Labute approximate surface area is 182 Å². The van der Waals surface area contributed by atoms with E-state index in [1.165, 1.54) is 17.7 Å². The molecule has 3 rings (SSSR count). The van der Waals surface area contributed by atoms with Crippen molar-refractivity contribution < 1.29 is 14.5 Å². The van der Waals surface area contributed by atoms with Crippen LogP contribution in [0.2, 0.25) is 0 Å². The van der Waals surface area contributed by atoms with Gasteiger partial charge in [-0.2, -0.15) is 0 Å². The van der Waals surface area contributed by atoms with E-state index in [1.54, 1.807) is 18.3 Å². The van der Waals surface area contributed by atoms with Gasteiger partial charge in [-0.3, -0.25) is 10.1 Å². The van der Waals surface area contributed by atoms with Gasteiger partial charge in [0.2, 0.25) is 0 Å². The van der Waals surface area contributed by atoms with Crippen LogP contribution in [0, 0.1) is 20.6 Å². The van der Waals surface area contributed by atoms with E-state index in [-0.39, 0.29) is 12.3 Å². The molecule has 0 aliphatic rings. The maximum atomic E-state index is 10.8. The van der Waals surface area contributed by atoms with Crippen molar-refractivity contribution in [3.05, 3.63) is 103 Å². The second-order valence-electron chi connectivity index (χ2n) is 6.40. The van der Waals surface area contributed by atoms with Crippen LogP contribution in [0.3, 0.4) is 0 Å². The van der Waals surface area contributed by atoms with Gasteiger partial charge in [-0.05, 0) is 64.4 Å². The fourth-order valence-corrected chi connectivity index (χ4v) is 3.22. The van der Waals surface area contributed by atoms with Crippen LogP contribution in [-0.2, 0) is 18.1 Å². The minimum Gasteiger partial charge on any atom is -0.488 e. The van der Waals surface area contributed by atoms with E-state index in [0.29, 0.717) is 12.2 Å². The Morgan fingerprint density at radius 3 is 2.55 bits per heavy atom. The zero-order chi connectivity index (χ0) is 20.6. The second kappa shape index (κ2) is 10.0. The summed E-state index contributed by atoms with van der Waals surface area (Å²) < 4.78 is 6.86. The summed E-state index contributed by atoms with van der Waals surface area (Å²) in [7, 11) is 0. The molecule has 0 fully saturated rings. The molecule has 6 nitrogen and oxygen atoms in total. The van der Waals surface area contributed by atoms with Gasteiger partial charge in [0.05, 0.1) is 14.7 Å². The van der Waals surface area contributed by atoms with Gasteiger partial charge < -0.3 is 9.57 Å². The number of nitrogens with zero attached hydrogens (tertiary/aromatic N) is 2. The summed E-state index contributed by atoms with van der Waals surface area (Å²) in [5, 5.41) is 14.7. The quantitative estimate of drug-likeness (QED) is 0.173. The predicted octanol–water partition coefficient (Wildman–Crippen LogP) is 5.64. The number of oxime groups is 1. The summed E-state index contributed by atoms with van der Waals surface area (Å²) in [4.78, 5) is 15.6. The molecule has 3 aromatic rings. The number of hydrogen-bond acceptors (Lipinski definition) is 5. The molecule has 0 N–H and O–H groups in total. The Morgan fingerprint density at radius 2 is 1.83 bits per heavy atom. The van der Waals surface area contributed by atoms with Crippen molar-refractivity contribution in [2.24, 2.45) is 5.16 Å². The van der Waals surface area contributed by atoms with E-state index in [0.717, 1.165) is 20.4 Å². The third kappa shape index (κ3) is 6.28.